The van der Waals surface area contributed by atoms with E-state index in [1.165, 1.54) is 25.1 Å². The molecule has 1 aliphatic heterocycles. The number of nitrogens with one attached hydrogen (secondary N) is 1. The second kappa shape index (κ2) is 7.99. The van der Waals surface area contributed by atoms with Crippen LogP contribution in [0.1, 0.15) is 29.5 Å². The Morgan fingerprint density at radius 1 is 1.48 bits per heavy atom. The van der Waals surface area contributed by atoms with Crippen LogP contribution in [-0.2, 0) is 10.3 Å². The summed E-state index contributed by atoms with van der Waals surface area (Å²) in [6, 6.07) is 3.90. The number of hydrogen-bond acceptors (Lipinski definition) is 5. The van der Waals surface area contributed by atoms with E-state index in [0.29, 0.717) is 0 Å². The summed E-state index contributed by atoms with van der Waals surface area (Å²) >= 11 is 5.75. The molecule has 2 heterocycles. The summed E-state index contributed by atoms with van der Waals surface area (Å²) < 4.78 is 60.5. The number of aliphatic imine (C=N–C) groups is 1. The highest BCUT2D eigenvalue weighted by molar-refractivity contribution is 6.34. The number of hydrogen-bond donors (Lipinski definition) is 2. The minimum absolute atomic E-state index is 0.00851. The van der Waals surface area contributed by atoms with Gasteiger partial charge >= 0.3 is 6.55 Å². The topological polar surface area (TPSA) is 94.5 Å². The van der Waals surface area contributed by atoms with Crippen LogP contribution in [0.15, 0.2) is 29.4 Å². The number of amides is 1. The lowest BCUT2D eigenvalue weighted by molar-refractivity contribution is 0.0561. The minimum Gasteiger partial charge on any atom is -0.386 e. The van der Waals surface area contributed by atoms with Crippen LogP contribution < -0.4 is 11.1 Å². The maximum Gasteiger partial charge on any atom is 0.333 e. The molecular weight excluding hydrogens is 418 g/mol. The summed E-state index contributed by atoms with van der Waals surface area (Å²) in [6.07, 6.45) is -0.939. The predicted octanol–water partition coefficient (Wildman–Crippen LogP) is 3.26. The molecule has 1 aromatic heterocycles. The Kier molecular flexibility index (Phi) is 5.80. The highest BCUT2D eigenvalue weighted by Gasteiger charge is 2.41. The SMILES string of the molecule is C[C@]1(c2cccc(NC(=O)c3nn(C(F)F)cc3Cl)c2F)N=C(N)COC[C@@H]1F. The number of nitrogens with two attached hydrogens (primary N) is 1. The van der Waals surface area contributed by atoms with Gasteiger partial charge in [-0.2, -0.15) is 13.9 Å². The van der Waals surface area contributed by atoms with Gasteiger partial charge in [0.25, 0.3) is 5.91 Å². The minimum atomic E-state index is -3.00. The second-order valence-corrected chi connectivity index (χ2v) is 6.85. The van der Waals surface area contributed by atoms with E-state index in [0.717, 1.165) is 6.20 Å². The van der Waals surface area contributed by atoms with Crippen molar-refractivity contribution in [3.63, 3.8) is 0 Å². The van der Waals surface area contributed by atoms with Gasteiger partial charge in [0.2, 0.25) is 0 Å². The Bertz CT molecular complexity index is 967. The van der Waals surface area contributed by atoms with Crippen LogP contribution in [0.25, 0.3) is 0 Å². The average Bonchev–Trinajstić information content (AvgIpc) is 2.99. The third-order valence-electron chi connectivity index (χ3n) is 4.39. The molecule has 12 heteroatoms. The number of aromatic nitrogens is 2. The quantitative estimate of drug-likeness (QED) is 0.723. The molecule has 1 aromatic carbocycles. The smallest absolute Gasteiger partial charge is 0.333 e. The fraction of sp³-hybridized carbons (Fsp3) is 0.353. The normalized spacial score (nSPS) is 22.3. The van der Waals surface area contributed by atoms with E-state index in [1.807, 2.05) is 0 Å². The van der Waals surface area contributed by atoms with Crippen LogP contribution in [0.5, 0.6) is 0 Å². The third kappa shape index (κ3) is 4.06. The number of carbonyl (C=O) groups excluding carboxylic acids is 1. The van der Waals surface area contributed by atoms with Gasteiger partial charge in [-0.05, 0) is 13.0 Å². The molecule has 0 unspecified atom stereocenters. The van der Waals surface area contributed by atoms with Crippen LogP contribution in [-0.4, -0.2) is 40.9 Å². The molecule has 7 nitrogen and oxygen atoms in total. The summed E-state index contributed by atoms with van der Waals surface area (Å²) in [5.74, 6) is -1.99. The molecule has 3 rings (SSSR count). The Balaban J connectivity index is 1.95. The van der Waals surface area contributed by atoms with Crippen LogP contribution in [0.4, 0.5) is 23.2 Å². The van der Waals surface area contributed by atoms with Crippen LogP contribution in [0, 0.1) is 5.82 Å². The van der Waals surface area contributed by atoms with Crippen LogP contribution >= 0.6 is 11.6 Å². The number of ether oxygens (including phenoxy) is 1. The van der Waals surface area contributed by atoms with E-state index in [4.69, 9.17) is 22.1 Å². The number of amidine groups is 1. The molecule has 29 heavy (non-hydrogen) atoms. The van der Waals surface area contributed by atoms with Crippen molar-refractivity contribution in [1.82, 2.24) is 9.78 Å². The monoisotopic (exact) mass is 433 g/mol. The van der Waals surface area contributed by atoms with Crippen LogP contribution in [0.3, 0.4) is 0 Å². The van der Waals surface area contributed by atoms with E-state index in [2.05, 4.69) is 15.4 Å². The number of nitrogens with zero attached hydrogens (tertiary/aromatic N) is 3. The Labute approximate surface area is 167 Å². The van der Waals surface area contributed by atoms with Gasteiger partial charge in [-0.1, -0.05) is 23.7 Å². The van der Waals surface area contributed by atoms with E-state index < -0.39 is 35.7 Å². The zero-order valence-electron chi connectivity index (χ0n) is 15.0. The Hall–Kier alpha value is -2.66. The molecule has 1 aliphatic rings. The lowest BCUT2D eigenvalue weighted by Gasteiger charge is -2.29. The van der Waals surface area contributed by atoms with Gasteiger partial charge in [-0.15, -0.1) is 0 Å². The van der Waals surface area contributed by atoms with Gasteiger partial charge in [-0.25, -0.2) is 13.5 Å². The highest BCUT2D eigenvalue weighted by atomic mass is 35.5. The summed E-state index contributed by atoms with van der Waals surface area (Å²) in [5, 5.41) is 5.25. The van der Waals surface area contributed by atoms with E-state index in [-0.39, 0.29) is 40.0 Å². The van der Waals surface area contributed by atoms with Crippen molar-refractivity contribution in [2.45, 2.75) is 25.2 Å². The van der Waals surface area contributed by atoms with Crippen LogP contribution in [0.2, 0.25) is 5.02 Å². The van der Waals surface area contributed by atoms with Gasteiger partial charge in [0.05, 0.1) is 23.5 Å². The van der Waals surface area contributed by atoms with Gasteiger partial charge in [0, 0.05) is 5.56 Å². The van der Waals surface area contributed by atoms with Gasteiger partial charge in [0.1, 0.15) is 18.0 Å². The van der Waals surface area contributed by atoms with Crippen molar-refractivity contribution in [2.24, 2.45) is 10.7 Å². The first-order valence-corrected chi connectivity index (χ1v) is 8.70. The highest BCUT2D eigenvalue weighted by Crippen LogP contribution is 2.37. The maximum atomic E-state index is 15.1. The molecule has 0 spiro atoms. The molecule has 3 N–H and O–H groups in total. The molecule has 0 saturated heterocycles. The first-order valence-electron chi connectivity index (χ1n) is 8.32. The first kappa shape index (κ1) is 21.1. The van der Waals surface area contributed by atoms with Gasteiger partial charge in [0.15, 0.2) is 17.7 Å². The Morgan fingerprint density at radius 3 is 2.86 bits per heavy atom. The molecule has 0 aliphatic carbocycles. The lowest BCUT2D eigenvalue weighted by atomic mass is 9.87. The van der Waals surface area contributed by atoms with Gasteiger partial charge in [-0.3, -0.25) is 9.79 Å². The molecule has 156 valence electrons. The fourth-order valence-electron chi connectivity index (χ4n) is 2.88. The third-order valence-corrected chi connectivity index (χ3v) is 4.67. The molecule has 0 saturated carbocycles. The molecular formula is C17H16ClF4N5O2. The molecule has 0 fully saturated rings. The zero-order chi connectivity index (χ0) is 21.3. The van der Waals surface area contributed by atoms with Gasteiger partial charge < -0.3 is 15.8 Å². The number of anilines is 1. The maximum absolute atomic E-state index is 15.1. The van der Waals surface area contributed by atoms with E-state index >= 15 is 4.39 Å². The fourth-order valence-corrected chi connectivity index (χ4v) is 3.11. The standard InChI is InChI=1S/C17H16ClF4N5O2/c1-17(11(19)6-29-7-12(23)25-17)8-3-2-4-10(13(8)20)24-15(28)14-9(18)5-27(26-14)16(21)22/h2-5,11,16H,6-7H2,1H3,(H2,23,25)(H,24,28)/t11-,17+/m0/s1. The molecule has 0 radical (unpaired) electrons. The largest absolute Gasteiger partial charge is 0.386 e. The van der Waals surface area contributed by atoms with Crippen molar-refractivity contribution in [2.75, 3.05) is 18.5 Å². The number of rotatable bonds is 4. The number of carbonyl (C=O) groups is 1. The Morgan fingerprint density at radius 2 is 2.21 bits per heavy atom. The number of halogens is 5. The van der Waals surface area contributed by atoms with Crippen molar-refractivity contribution < 1.29 is 27.1 Å². The van der Waals surface area contributed by atoms with E-state index in [1.54, 1.807) is 0 Å². The van der Waals surface area contributed by atoms with Crippen molar-refractivity contribution in [3.05, 3.63) is 46.5 Å². The summed E-state index contributed by atoms with van der Waals surface area (Å²) in [4.78, 5) is 16.4. The predicted molar refractivity (Wildman–Crippen MR) is 97.5 cm³/mol. The van der Waals surface area contributed by atoms with E-state index in [9.17, 15) is 18.0 Å². The zero-order valence-corrected chi connectivity index (χ0v) is 15.8. The average molecular weight is 434 g/mol. The summed E-state index contributed by atoms with van der Waals surface area (Å²) in [6.45, 7) is -2.10. The molecule has 2 atom stereocenters. The number of benzene rings is 1. The van der Waals surface area contributed by atoms with Crippen molar-refractivity contribution >= 4 is 29.0 Å². The second-order valence-electron chi connectivity index (χ2n) is 6.44. The summed E-state index contributed by atoms with van der Waals surface area (Å²) in [5.41, 5.74) is 2.97. The molecule has 2 aromatic rings. The van der Waals surface area contributed by atoms with Crippen molar-refractivity contribution in [3.8, 4) is 0 Å². The first-order chi connectivity index (χ1) is 13.6. The van der Waals surface area contributed by atoms with Crippen molar-refractivity contribution in [1.29, 1.82) is 0 Å². The number of alkyl halides is 3. The lowest BCUT2D eigenvalue weighted by Crippen LogP contribution is -2.36. The molecule has 0 bridgehead atoms. The summed E-state index contributed by atoms with van der Waals surface area (Å²) in [7, 11) is 0. The molecule has 1 amide bonds.